The lowest BCUT2D eigenvalue weighted by Crippen LogP contribution is -2.12. The Morgan fingerprint density at radius 2 is 1.73 bits per heavy atom. The zero-order chi connectivity index (χ0) is 23.3. The van der Waals surface area contributed by atoms with Crippen LogP contribution in [-0.2, 0) is 17.5 Å². The third kappa shape index (κ3) is 5.69. The van der Waals surface area contributed by atoms with Crippen molar-refractivity contribution in [1.29, 1.82) is 0 Å². The van der Waals surface area contributed by atoms with Crippen molar-refractivity contribution in [2.75, 3.05) is 18.5 Å². The molecule has 1 amide bonds. The second kappa shape index (κ2) is 9.74. The molecule has 0 aliphatic carbocycles. The van der Waals surface area contributed by atoms with Crippen molar-refractivity contribution in [2.24, 2.45) is 0 Å². The molecule has 33 heavy (non-hydrogen) atoms. The summed E-state index contributed by atoms with van der Waals surface area (Å²) >= 11 is 0. The largest absolute Gasteiger partial charge is 0.491 e. The van der Waals surface area contributed by atoms with Crippen molar-refractivity contribution in [2.45, 2.75) is 12.8 Å². The summed E-state index contributed by atoms with van der Waals surface area (Å²) in [5.41, 5.74) is 1.19. The molecule has 0 saturated heterocycles. The Balaban J connectivity index is 1.26. The van der Waals surface area contributed by atoms with Crippen LogP contribution < -0.4 is 10.1 Å². The molecule has 1 aromatic heterocycles. The first-order valence-corrected chi connectivity index (χ1v) is 10.1. The van der Waals surface area contributed by atoms with Gasteiger partial charge in [-0.05, 0) is 42.0 Å². The van der Waals surface area contributed by atoms with Crippen molar-refractivity contribution in [3.63, 3.8) is 0 Å². The standard InChI is InChI=1S/C24H20F3N3O3/c25-24(26,27)18-8-6-16(7-9-18)15-32-12-13-33-19-10-11-20-21(14-19)29-30-22(20)28-23(31)17-4-2-1-3-5-17/h1-11,14H,12-13,15H2,(H2,28,29,30,31). The van der Waals surface area contributed by atoms with E-state index in [0.717, 1.165) is 17.5 Å². The molecule has 0 spiro atoms. The number of nitrogens with zero attached hydrogens (tertiary/aromatic N) is 1. The predicted molar refractivity (Wildman–Crippen MR) is 117 cm³/mol. The quantitative estimate of drug-likeness (QED) is 0.348. The Morgan fingerprint density at radius 3 is 2.45 bits per heavy atom. The Labute approximate surface area is 187 Å². The highest BCUT2D eigenvalue weighted by Gasteiger charge is 2.29. The lowest BCUT2D eigenvalue weighted by Gasteiger charge is -2.09. The molecule has 4 aromatic rings. The van der Waals surface area contributed by atoms with Crippen molar-refractivity contribution in [3.05, 3.63) is 89.5 Å². The van der Waals surface area contributed by atoms with Gasteiger partial charge in [-0.1, -0.05) is 30.3 Å². The Hall–Kier alpha value is -3.85. The van der Waals surface area contributed by atoms with Gasteiger partial charge >= 0.3 is 6.18 Å². The topological polar surface area (TPSA) is 76.2 Å². The fourth-order valence-electron chi connectivity index (χ4n) is 3.15. The molecule has 0 radical (unpaired) electrons. The second-order valence-corrected chi connectivity index (χ2v) is 7.20. The third-order valence-electron chi connectivity index (χ3n) is 4.85. The first-order valence-electron chi connectivity index (χ1n) is 10.1. The molecule has 2 N–H and O–H groups in total. The number of alkyl halides is 3. The maximum absolute atomic E-state index is 12.6. The molecule has 0 aliphatic rings. The third-order valence-corrected chi connectivity index (χ3v) is 4.85. The molecule has 170 valence electrons. The van der Waals surface area contributed by atoms with Gasteiger partial charge in [0.2, 0.25) is 0 Å². The fourth-order valence-corrected chi connectivity index (χ4v) is 3.15. The molecular formula is C24H20F3N3O3. The zero-order valence-corrected chi connectivity index (χ0v) is 17.4. The summed E-state index contributed by atoms with van der Waals surface area (Å²) in [5, 5.41) is 10.6. The van der Waals surface area contributed by atoms with Gasteiger partial charge in [0.05, 0.1) is 24.3 Å². The van der Waals surface area contributed by atoms with Crippen molar-refractivity contribution in [1.82, 2.24) is 10.2 Å². The number of hydrogen-bond donors (Lipinski definition) is 2. The minimum absolute atomic E-state index is 0.186. The molecule has 0 bridgehead atoms. The summed E-state index contributed by atoms with van der Waals surface area (Å²) in [6.07, 6.45) is -4.35. The van der Waals surface area contributed by atoms with E-state index in [1.807, 2.05) is 6.07 Å². The predicted octanol–water partition coefficient (Wildman–Crippen LogP) is 5.43. The summed E-state index contributed by atoms with van der Waals surface area (Å²) in [6, 6.07) is 19.0. The maximum Gasteiger partial charge on any atom is 0.416 e. The number of fused-ring (bicyclic) bond motifs is 1. The monoisotopic (exact) mass is 455 g/mol. The van der Waals surface area contributed by atoms with E-state index in [4.69, 9.17) is 9.47 Å². The number of carbonyl (C=O) groups is 1. The second-order valence-electron chi connectivity index (χ2n) is 7.20. The molecule has 0 aliphatic heterocycles. The van der Waals surface area contributed by atoms with E-state index in [1.54, 1.807) is 42.5 Å². The van der Waals surface area contributed by atoms with Crippen molar-refractivity contribution < 1.29 is 27.4 Å². The van der Waals surface area contributed by atoms with Gasteiger partial charge in [0.25, 0.3) is 5.91 Å². The SMILES string of the molecule is O=C(Nc1n[nH]c2cc(OCCOCc3ccc(C(F)(F)F)cc3)ccc12)c1ccccc1. The molecule has 6 nitrogen and oxygen atoms in total. The van der Waals surface area contributed by atoms with E-state index in [-0.39, 0.29) is 25.7 Å². The first-order chi connectivity index (χ1) is 15.9. The average molecular weight is 455 g/mol. The Kier molecular flexibility index (Phi) is 6.60. The van der Waals surface area contributed by atoms with Crippen LogP contribution in [0.25, 0.3) is 10.9 Å². The smallest absolute Gasteiger partial charge is 0.416 e. The zero-order valence-electron chi connectivity index (χ0n) is 17.4. The van der Waals surface area contributed by atoms with Crippen molar-refractivity contribution >= 4 is 22.6 Å². The maximum atomic E-state index is 12.6. The van der Waals surface area contributed by atoms with Crippen LogP contribution in [0.3, 0.4) is 0 Å². The normalized spacial score (nSPS) is 11.5. The number of benzene rings is 3. The van der Waals surface area contributed by atoms with Gasteiger partial charge in [0.15, 0.2) is 5.82 Å². The molecule has 0 unspecified atom stereocenters. The summed E-state index contributed by atoms with van der Waals surface area (Å²) in [7, 11) is 0. The minimum Gasteiger partial charge on any atom is -0.491 e. The van der Waals surface area contributed by atoms with E-state index in [1.165, 1.54) is 12.1 Å². The van der Waals surface area contributed by atoms with Gasteiger partial charge in [-0.2, -0.15) is 18.3 Å². The number of ether oxygens (including phenoxy) is 2. The Morgan fingerprint density at radius 1 is 0.970 bits per heavy atom. The lowest BCUT2D eigenvalue weighted by molar-refractivity contribution is -0.137. The van der Waals surface area contributed by atoms with Gasteiger partial charge in [0.1, 0.15) is 12.4 Å². The number of amides is 1. The van der Waals surface area contributed by atoms with E-state index in [2.05, 4.69) is 15.5 Å². The average Bonchev–Trinajstić information content (AvgIpc) is 3.21. The van der Waals surface area contributed by atoms with Crippen LogP contribution in [0, 0.1) is 0 Å². The van der Waals surface area contributed by atoms with Crippen LogP contribution in [-0.4, -0.2) is 29.3 Å². The number of nitrogens with one attached hydrogen (secondary N) is 2. The van der Waals surface area contributed by atoms with E-state index in [0.29, 0.717) is 28.2 Å². The number of anilines is 1. The molecule has 0 saturated carbocycles. The van der Waals surface area contributed by atoms with Crippen LogP contribution >= 0.6 is 0 Å². The minimum atomic E-state index is -4.35. The number of aromatic amines is 1. The number of carbonyl (C=O) groups excluding carboxylic acids is 1. The van der Waals surface area contributed by atoms with Crippen LogP contribution in [0.15, 0.2) is 72.8 Å². The number of hydrogen-bond acceptors (Lipinski definition) is 4. The summed E-state index contributed by atoms with van der Waals surface area (Å²) < 4.78 is 48.9. The molecule has 3 aromatic carbocycles. The van der Waals surface area contributed by atoms with E-state index < -0.39 is 11.7 Å². The van der Waals surface area contributed by atoms with Gasteiger partial charge in [-0.3, -0.25) is 9.89 Å². The van der Waals surface area contributed by atoms with Crippen LogP contribution in [0.5, 0.6) is 5.75 Å². The molecule has 0 atom stereocenters. The van der Waals surface area contributed by atoms with Crippen LogP contribution in [0.1, 0.15) is 21.5 Å². The van der Waals surface area contributed by atoms with E-state index >= 15 is 0 Å². The number of halogens is 3. The van der Waals surface area contributed by atoms with Gasteiger partial charge in [-0.25, -0.2) is 0 Å². The molecule has 4 rings (SSSR count). The summed E-state index contributed by atoms with van der Waals surface area (Å²) in [6.45, 7) is 0.712. The molecule has 1 heterocycles. The number of aromatic nitrogens is 2. The highest BCUT2D eigenvalue weighted by atomic mass is 19.4. The number of rotatable bonds is 8. The summed E-state index contributed by atoms with van der Waals surface area (Å²) in [4.78, 5) is 12.3. The van der Waals surface area contributed by atoms with Crippen LogP contribution in [0.2, 0.25) is 0 Å². The highest BCUT2D eigenvalue weighted by Crippen LogP contribution is 2.29. The first kappa shape index (κ1) is 22.3. The van der Waals surface area contributed by atoms with E-state index in [9.17, 15) is 18.0 Å². The highest BCUT2D eigenvalue weighted by molar-refractivity contribution is 6.07. The van der Waals surface area contributed by atoms with Crippen LogP contribution in [0.4, 0.5) is 19.0 Å². The molecule has 9 heteroatoms. The Bertz CT molecular complexity index is 1220. The van der Waals surface area contributed by atoms with Crippen molar-refractivity contribution in [3.8, 4) is 5.75 Å². The van der Waals surface area contributed by atoms with Gasteiger partial charge in [0, 0.05) is 17.0 Å². The molecule has 0 fully saturated rings. The lowest BCUT2D eigenvalue weighted by atomic mass is 10.1. The summed E-state index contributed by atoms with van der Waals surface area (Å²) in [5.74, 6) is 0.755. The van der Waals surface area contributed by atoms with Gasteiger partial charge < -0.3 is 14.8 Å². The fraction of sp³-hybridized carbons (Fsp3) is 0.167. The molecular weight excluding hydrogens is 435 g/mol. The number of H-pyrrole nitrogens is 1. The van der Waals surface area contributed by atoms with Gasteiger partial charge in [-0.15, -0.1) is 0 Å².